The van der Waals surface area contributed by atoms with Gasteiger partial charge in [0, 0.05) is 10.9 Å². The average Bonchev–Trinajstić information content (AvgIpc) is 3.16. The van der Waals surface area contributed by atoms with Gasteiger partial charge in [0.2, 0.25) is 0 Å². The number of anilines is 1. The molecule has 0 saturated heterocycles. The Hall–Kier alpha value is -3.93. The number of carbonyl (C=O) groups excluding carboxylic acids is 2. The Balaban J connectivity index is 1.53. The van der Waals surface area contributed by atoms with Crippen molar-refractivity contribution in [2.75, 3.05) is 5.32 Å². The molecule has 6 heteroatoms. The molecule has 4 rings (SSSR count). The van der Waals surface area contributed by atoms with Gasteiger partial charge in [-0.15, -0.1) is 0 Å². The monoisotopic (exact) mass is 399 g/mol. The van der Waals surface area contributed by atoms with Crippen LogP contribution in [0.25, 0.3) is 22.0 Å². The van der Waals surface area contributed by atoms with Crippen LogP contribution in [0.2, 0.25) is 0 Å². The van der Waals surface area contributed by atoms with E-state index in [0.29, 0.717) is 17.1 Å². The highest BCUT2D eigenvalue weighted by atomic mass is 16.5. The molecule has 1 unspecified atom stereocenters. The number of hydrogen-bond donors (Lipinski definition) is 2. The van der Waals surface area contributed by atoms with Crippen molar-refractivity contribution < 1.29 is 14.3 Å². The molecule has 4 aromatic rings. The molecule has 0 aliphatic heterocycles. The normalized spacial score (nSPS) is 11.8. The van der Waals surface area contributed by atoms with Gasteiger partial charge in [0.15, 0.2) is 17.7 Å². The second-order valence-electron chi connectivity index (χ2n) is 7.03. The van der Waals surface area contributed by atoms with E-state index >= 15 is 0 Å². The van der Waals surface area contributed by atoms with Crippen LogP contribution in [0.1, 0.15) is 24.2 Å². The van der Waals surface area contributed by atoms with Crippen molar-refractivity contribution in [1.82, 2.24) is 10.2 Å². The minimum absolute atomic E-state index is 0.0244. The molecule has 1 atom stereocenters. The summed E-state index contributed by atoms with van der Waals surface area (Å²) in [4.78, 5) is 24.2. The molecule has 150 valence electrons. The fourth-order valence-electron chi connectivity index (χ4n) is 3.19. The number of Topliss-reactive ketones (excluding diaryl/α,β-unsaturated/α-hetero) is 1. The van der Waals surface area contributed by atoms with Gasteiger partial charge in [-0.05, 0) is 55.3 Å². The largest absolute Gasteiger partial charge is 0.481 e. The Bertz CT molecular complexity index is 1210. The number of H-pyrrole nitrogens is 1. The van der Waals surface area contributed by atoms with Crippen molar-refractivity contribution in [2.24, 2.45) is 0 Å². The lowest BCUT2D eigenvalue weighted by Gasteiger charge is -2.13. The van der Waals surface area contributed by atoms with Crippen LogP contribution in [-0.2, 0) is 4.79 Å². The summed E-state index contributed by atoms with van der Waals surface area (Å²) in [6, 6.07) is 22.5. The number of benzene rings is 3. The van der Waals surface area contributed by atoms with Crippen LogP contribution in [0.5, 0.6) is 5.75 Å². The molecule has 0 bridgehead atoms. The number of nitrogens with one attached hydrogen (secondary N) is 2. The number of carbonyl (C=O) groups is 2. The van der Waals surface area contributed by atoms with Gasteiger partial charge in [0.05, 0.1) is 5.52 Å². The first-order valence-corrected chi connectivity index (χ1v) is 9.63. The lowest BCUT2D eigenvalue weighted by atomic mass is 10.0. The van der Waals surface area contributed by atoms with Crippen LogP contribution in [0.4, 0.5) is 5.82 Å². The summed E-state index contributed by atoms with van der Waals surface area (Å²) in [7, 11) is 0. The predicted molar refractivity (Wildman–Crippen MR) is 117 cm³/mol. The van der Waals surface area contributed by atoms with Crippen LogP contribution in [0.3, 0.4) is 0 Å². The first-order valence-electron chi connectivity index (χ1n) is 9.63. The number of aromatic amines is 1. The van der Waals surface area contributed by atoms with Crippen molar-refractivity contribution in [3.05, 3.63) is 78.4 Å². The molecule has 1 amide bonds. The van der Waals surface area contributed by atoms with E-state index in [9.17, 15) is 9.59 Å². The van der Waals surface area contributed by atoms with Gasteiger partial charge in [0.25, 0.3) is 5.91 Å². The van der Waals surface area contributed by atoms with Gasteiger partial charge in [-0.3, -0.25) is 14.7 Å². The van der Waals surface area contributed by atoms with E-state index in [4.69, 9.17) is 4.74 Å². The Morgan fingerprint density at radius 3 is 2.50 bits per heavy atom. The Labute approximate surface area is 173 Å². The minimum Gasteiger partial charge on any atom is -0.481 e. The molecule has 3 aromatic carbocycles. The Morgan fingerprint density at radius 2 is 1.73 bits per heavy atom. The fraction of sp³-hybridized carbons (Fsp3) is 0.125. The molecule has 0 radical (unpaired) electrons. The highest BCUT2D eigenvalue weighted by Crippen LogP contribution is 2.28. The number of amides is 1. The summed E-state index contributed by atoms with van der Waals surface area (Å²) in [5.74, 6) is 0.814. The zero-order valence-corrected chi connectivity index (χ0v) is 16.7. The first-order chi connectivity index (χ1) is 14.5. The summed E-state index contributed by atoms with van der Waals surface area (Å²) in [5, 5.41) is 10.8. The fourth-order valence-corrected chi connectivity index (χ4v) is 3.19. The first kappa shape index (κ1) is 19.4. The number of hydrogen-bond acceptors (Lipinski definition) is 4. The SMILES string of the molecule is CC(=O)c1cccc(-c2ccc3c(NC(=O)C(C)Oc4ccccc4)n[nH]c3c2)c1. The number of nitrogens with zero attached hydrogens (tertiary/aromatic N) is 1. The predicted octanol–water partition coefficient (Wildman–Crippen LogP) is 4.84. The van der Waals surface area contributed by atoms with E-state index in [2.05, 4.69) is 15.5 Å². The summed E-state index contributed by atoms with van der Waals surface area (Å²) >= 11 is 0. The van der Waals surface area contributed by atoms with Crippen LogP contribution in [-0.4, -0.2) is 28.0 Å². The zero-order chi connectivity index (χ0) is 21.1. The molecule has 0 aliphatic carbocycles. The minimum atomic E-state index is -0.673. The number of ether oxygens (including phenoxy) is 1. The number of aromatic nitrogens is 2. The van der Waals surface area contributed by atoms with E-state index in [1.807, 2.05) is 54.6 Å². The van der Waals surface area contributed by atoms with Gasteiger partial charge < -0.3 is 10.1 Å². The number of fused-ring (bicyclic) bond motifs is 1. The Morgan fingerprint density at radius 1 is 0.967 bits per heavy atom. The van der Waals surface area contributed by atoms with Crippen LogP contribution in [0.15, 0.2) is 72.8 Å². The van der Waals surface area contributed by atoms with Crippen LogP contribution in [0, 0.1) is 0 Å². The molecular formula is C24H21N3O3. The van der Waals surface area contributed by atoms with Gasteiger partial charge >= 0.3 is 0 Å². The lowest BCUT2D eigenvalue weighted by Crippen LogP contribution is -2.30. The molecular weight excluding hydrogens is 378 g/mol. The molecule has 1 heterocycles. The van der Waals surface area contributed by atoms with Crippen LogP contribution >= 0.6 is 0 Å². The van der Waals surface area contributed by atoms with Crippen molar-refractivity contribution in [3.8, 4) is 16.9 Å². The third-order valence-corrected chi connectivity index (χ3v) is 4.83. The lowest BCUT2D eigenvalue weighted by molar-refractivity contribution is -0.122. The van der Waals surface area contributed by atoms with Crippen molar-refractivity contribution in [1.29, 1.82) is 0 Å². The van der Waals surface area contributed by atoms with E-state index < -0.39 is 6.10 Å². The average molecular weight is 399 g/mol. The summed E-state index contributed by atoms with van der Waals surface area (Å²) in [6.45, 7) is 3.24. The molecule has 1 aromatic heterocycles. The number of rotatable bonds is 6. The summed E-state index contributed by atoms with van der Waals surface area (Å²) < 4.78 is 5.67. The maximum Gasteiger partial charge on any atom is 0.266 e. The maximum absolute atomic E-state index is 12.5. The number of ketones is 1. The van der Waals surface area contributed by atoms with Gasteiger partial charge in [-0.25, -0.2) is 0 Å². The zero-order valence-electron chi connectivity index (χ0n) is 16.7. The summed E-state index contributed by atoms with van der Waals surface area (Å²) in [5.41, 5.74) is 3.34. The Kier molecular flexibility index (Phi) is 5.30. The molecule has 0 aliphatic rings. The molecule has 6 nitrogen and oxygen atoms in total. The number of para-hydroxylation sites is 1. The van der Waals surface area contributed by atoms with Gasteiger partial charge in [0.1, 0.15) is 5.75 Å². The van der Waals surface area contributed by atoms with Crippen LogP contribution < -0.4 is 10.1 Å². The topological polar surface area (TPSA) is 84.1 Å². The second kappa shape index (κ2) is 8.21. The third kappa shape index (κ3) is 4.07. The molecule has 0 fully saturated rings. The van der Waals surface area contributed by atoms with Crippen molar-refractivity contribution >= 4 is 28.4 Å². The molecule has 2 N–H and O–H groups in total. The molecule has 0 spiro atoms. The second-order valence-corrected chi connectivity index (χ2v) is 7.03. The van der Waals surface area contributed by atoms with E-state index in [-0.39, 0.29) is 11.7 Å². The van der Waals surface area contributed by atoms with E-state index in [0.717, 1.165) is 22.0 Å². The maximum atomic E-state index is 12.5. The highest BCUT2D eigenvalue weighted by Gasteiger charge is 2.17. The molecule has 0 saturated carbocycles. The molecule has 30 heavy (non-hydrogen) atoms. The van der Waals surface area contributed by atoms with E-state index in [1.165, 1.54) is 0 Å². The third-order valence-electron chi connectivity index (χ3n) is 4.83. The quantitative estimate of drug-likeness (QED) is 0.455. The van der Waals surface area contributed by atoms with Crippen molar-refractivity contribution in [2.45, 2.75) is 20.0 Å². The van der Waals surface area contributed by atoms with Gasteiger partial charge in [-0.2, -0.15) is 5.10 Å². The highest BCUT2D eigenvalue weighted by molar-refractivity contribution is 6.02. The summed E-state index contributed by atoms with van der Waals surface area (Å²) in [6.07, 6.45) is -0.673. The smallest absolute Gasteiger partial charge is 0.266 e. The van der Waals surface area contributed by atoms with Gasteiger partial charge in [-0.1, -0.05) is 42.5 Å². The van der Waals surface area contributed by atoms with E-state index in [1.54, 1.807) is 32.0 Å². The standard InChI is InChI=1S/C24H21N3O3/c1-15(28)17-7-6-8-18(13-17)19-11-12-21-22(14-19)26-27-23(21)25-24(29)16(2)30-20-9-4-3-5-10-20/h3-14,16H,1-2H3,(H2,25,26,27,29). The van der Waals surface area contributed by atoms with Crippen molar-refractivity contribution in [3.63, 3.8) is 0 Å².